The fraction of sp³-hybridized carbons (Fsp3) is 0.444. The van der Waals surface area contributed by atoms with Crippen LogP contribution >= 0.6 is 15.9 Å². The number of rotatable bonds is 3. The molecular formula is C9H13BrN2. The van der Waals surface area contributed by atoms with E-state index < -0.39 is 0 Å². The summed E-state index contributed by atoms with van der Waals surface area (Å²) in [6, 6.07) is 4.44. The molecule has 1 atom stereocenters. The summed E-state index contributed by atoms with van der Waals surface area (Å²) in [5.74, 6) is 0.938. The summed E-state index contributed by atoms with van der Waals surface area (Å²) in [7, 11) is 0. The van der Waals surface area contributed by atoms with E-state index in [0.717, 1.165) is 16.7 Å². The number of hydrogen-bond acceptors (Lipinski definition) is 2. The van der Waals surface area contributed by atoms with Crippen molar-refractivity contribution in [1.82, 2.24) is 4.98 Å². The van der Waals surface area contributed by atoms with Gasteiger partial charge in [-0.25, -0.2) is 4.98 Å². The molecule has 0 aliphatic heterocycles. The van der Waals surface area contributed by atoms with Crippen LogP contribution in [0.25, 0.3) is 0 Å². The quantitative estimate of drug-likeness (QED) is 0.861. The van der Waals surface area contributed by atoms with Crippen LogP contribution in [0, 0.1) is 0 Å². The van der Waals surface area contributed by atoms with Crippen LogP contribution in [0.4, 0.5) is 5.82 Å². The molecule has 0 aliphatic rings. The van der Waals surface area contributed by atoms with E-state index in [-0.39, 0.29) is 0 Å². The molecule has 1 unspecified atom stereocenters. The van der Waals surface area contributed by atoms with Crippen molar-refractivity contribution < 1.29 is 0 Å². The number of aromatic nitrogens is 1. The van der Waals surface area contributed by atoms with Crippen molar-refractivity contribution in [2.24, 2.45) is 0 Å². The molecule has 0 aromatic carbocycles. The normalized spacial score (nSPS) is 12.6. The first kappa shape index (κ1) is 9.52. The molecule has 1 rings (SSSR count). The standard InChI is InChI=1S/C9H13BrN2/c1-3-7(2)12-9-5-4-8(10)6-11-9/h4-7H,3H2,1-2H3,(H,11,12). The Bertz CT molecular complexity index is 233. The van der Waals surface area contributed by atoms with E-state index in [0.29, 0.717) is 6.04 Å². The van der Waals surface area contributed by atoms with Crippen LogP contribution in [0.1, 0.15) is 20.3 Å². The second kappa shape index (κ2) is 4.45. The summed E-state index contributed by atoms with van der Waals surface area (Å²) in [6.45, 7) is 4.29. The van der Waals surface area contributed by atoms with E-state index in [2.05, 4.69) is 40.1 Å². The Morgan fingerprint density at radius 2 is 2.33 bits per heavy atom. The summed E-state index contributed by atoms with van der Waals surface area (Å²) >= 11 is 3.34. The number of pyridine rings is 1. The van der Waals surface area contributed by atoms with Gasteiger partial charge < -0.3 is 5.32 Å². The lowest BCUT2D eigenvalue weighted by Gasteiger charge is -2.11. The maximum Gasteiger partial charge on any atom is 0.126 e. The van der Waals surface area contributed by atoms with Gasteiger partial charge in [-0.2, -0.15) is 0 Å². The smallest absolute Gasteiger partial charge is 0.126 e. The highest BCUT2D eigenvalue weighted by Crippen LogP contribution is 2.11. The van der Waals surface area contributed by atoms with Crippen molar-refractivity contribution in [3.8, 4) is 0 Å². The minimum Gasteiger partial charge on any atom is -0.368 e. The van der Waals surface area contributed by atoms with Crippen molar-refractivity contribution in [3.63, 3.8) is 0 Å². The predicted octanol–water partition coefficient (Wildman–Crippen LogP) is 3.05. The zero-order valence-corrected chi connectivity index (χ0v) is 8.93. The van der Waals surface area contributed by atoms with Crippen molar-refractivity contribution in [2.45, 2.75) is 26.3 Å². The van der Waals surface area contributed by atoms with Crippen molar-refractivity contribution in [2.75, 3.05) is 5.32 Å². The van der Waals surface area contributed by atoms with E-state index in [1.54, 1.807) is 6.20 Å². The highest BCUT2D eigenvalue weighted by Gasteiger charge is 1.98. The summed E-state index contributed by atoms with van der Waals surface area (Å²) in [4.78, 5) is 4.21. The molecule has 0 amide bonds. The largest absolute Gasteiger partial charge is 0.368 e. The van der Waals surface area contributed by atoms with Gasteiger partial charge in [0, 0.05) is 16.7 Å². The second-order valence-corrected chi connectivity index (χ2v) is 3.73. The molecule has 1 aromatic rings. The fourth-order valence-corrected chi connectivity index (χ4v) is 1.05. The first-order chi connectivity index (χ1) is 5.72. The molecule has 12 heavy (non-hydrogen) atoms. The zero-order chi connectivity index (χ0) is 8.97. The highest BCUT2D eigenvalue weighted by molar-refractivity contribution is 9.10. The Hall–Kier alpha value is -0.570. The van der Waals surface area contributed by atoms with Gasteiger partial charge in [0.2, 0.25) is 0 Å². The van der Waals surface area contributed by atoms with E-state index in [1.807, 2.05) is 12.1 Å². The number of nitrogens with zero attached hydrogens (tertiary/aromatic N) is 1. The number of hydrogen-bond donors (Lipinski definition) is 1. The van der Waals surface area contributed by atoms with E-state index in [9.17, 15) is 0 Å². The minimum atomic E-state index is 0.485. The number of anilines is 1. The number of halogens is 1. The molecule has 0 aliphatic carbocycles. The van der Waals surface area contributed by atoms with E-state index in [1.165, 1.54) is 0 Å². The lowest BCUT2D eigenvalue weighted by Crippen LogP contribution is -2.14. The molecule has 0 saturated carbocycles. The van der Waals surface area contributed by atoms with Gasteiger partial charge in [-0.3, -0.25) is 0 Å². The molecule has 66 valence electrons. The van der Waals surface area contributed by atoms with Crippen LogP contribution in [-0.2, 0) is 0 Å². The molecule has 1 heterocycles. The Balaban J connectivity index is 2.58. The van der Waals surface area contributed by atoms with Gasteiger partial charge in [0.1, 0.15) is 5.82 Å². The minimum absolute atomic E-state index is 0.485. The second-order valence-electron chi connectivity index (χ2n) is 2.82. The first-order valence-electron chi connectivity index (χ1n) is 4.10. The van der Waals surface area contributed by atoms with Crippen molar-refractivity contribution >= 4 is 21.7 Å². The Morgan fingerprint density at radius 1 is 1.58 bits per heavy atom. The topological polar surface area (TPSA) is 24.9 Å². The van der Waals surface area contributed by atoms with Gasteiger partial charge in [-0.1, -0.05) is 6.92 Å². The molecule has 0 fully saturated rings. The third kappa shape index (κ3) is 2.81. The molecule has 2 nitrogen and oxygen atoms in total. The zero-order valence-electron chi connectivity index (χ0n) is 7.34. The van der Waals surface area contributed by atoms with Gasteiger partial charge in [0.15, 0.2) is 0 Å². The van der Waals surface area contributed by atoms with Crippen LogP contribution in [0.5, 0.6) is 0 Å². The Labute approximate surface area is 81.5 Å². The maximum absolute atomic E-state index is 4.21. The molecule has 1 aromatic heterocycles. The summed E-state index contributed by atoms with van der Waals surface area (Å²) in [6.07, 6.45) is 2.91. The average Bonchev–Trinajstić information content (AvgIpc) is 2.09. The van der Waals surface area contributed by atoms with Gasteiger partial charge in [0.05, 0.1) is 0 Å². The average molecular weight is 229 g/mol. The molecule has 3 heteroatoms. The molecule has 0 radical (unpaired) electrons. The molecule has 0 saturated heterocycles. The van der Waals surface area contributed by atoms with Gasteiger partial charge >= 0.3 is 0 Å². The van der Waals surface area contributed by atoms with Crippen LogP contribution < -0.4 is 5.32 Å². The maximum atomic E-state index is 4.21. The van der Waals surface area contributed by atoms with Crippen LogP contribution in [0.3, 0.4) is 0 Å². The van der Waals surface area contributed by atoms with Gasteiger partial charge in [0.25, 0.3) is 0 Å². The van der Waals surface area contributed by atoms with Gasteiger partial charge in [-0.15, -0.1) is 0 Å². The lowest BCUT2D eigenvalue weighted by atomic mass is 10.2. The highest BCUT2D eigenvalue weighted by atomic mass is 79.9. The van der Waals surface area contributed by atoms with Crippen LogP contribution in [0.15, 0.2) is 22.8 Å². The van der Waals surface area contributed by atoms with Crippen LogP contribution in [-0.4, -0.2) is 11.0 Å². The lowest BCUT2D eigenvalue weighted by molar-refractivity contribution is 0.759. The van der Waals surface area contributed by atoms with E-state index >= 15 is 0 Å². The van der Waals surface area contributed by atoms with Gasteiger partial charge in [-0.05, 0) is 41.4 Å². The third-order valence-electron chi connectivity index (χ3n) is 1.73. The number of nitrogens with one attached hydrogen (secondary N) is 1. The summed E-state index contributed by atoms with van der Waals surface area (Å²) in [5, 5.41) is 3.29. The Kier molecular flexibility index (Phi) is 3.53. The van der Waals surface area contributed by atoms with E-state index in [4.69, 9.17) is 0 Å². The predicted molar refractivity (Wildman–Crippen MR) is 55.3 cm³/mol. The Morgan fingerprint density at radius 3 is 2.83 bits per heavy atom. The molecule has 0 bridgehead atoms. The van der Waals surface area contributed by atoms with Crippen molar-refractivity contribution in [3.05, 3.63) is 22.8 Å². The molecule has 0 spiro atoms. The summed E-state index contributed by atoms with van der Waals surface area (Å²) < 4.78 is 1.01. The molecular weight excluding hydrogens is 216 g/mol. The monoisotopic (exact) mass is 228 g/mol. The fourth-order valence-electron chi connectivity index (χ4n) is 0.816. The SMILES string of the molecule is CCC(C)Nc1ccc(Br)cn1. The van der Waals surface area contributed by atoms with Crippen LogP contribution in [0.2, 0.25) is 0 Å². The summed E-state index contributed by atoms with van der Waals surface area (Å²) in [5.41, 5.74) is 0. The first-order valence-corrected chi connectivity index (χ1v) is 4.89. The third-order valence-corrected chi connectivity index (χ3v) is 2.20. The molecule has 1 N–H and O–H groups in total. The van der Waals surface area contributed by atoms with Crippen molar-refractivity contribution in [1.29, 1.82) is 0 Å².